The average molecular weight is 422 g/mol. The van der Waals surface area contributed by atoms with E-state index in [0.29, 0.717) is 13.1 Å². The summed E-state index contributed by atoms with van der Waals surface area (Å²) in [6.07, 6.45) is 9.09. The molecule has 2 aliphatic heterocycles. The van der Waals surface area contributed by atoms with Crippen LogP contribution in [0.2, 0.25) is 0 Å². The Morgan fingerprint density at radius 2 is 1.79 bits per heavy atom. The van der Waals surface area contributed by atoms with E-state index in [-0.39, 0.29) is 17.1 Å². The first kappa shape index (κ1) is 21.0. The molecule has 1 aromatic heterocycles. The lowest BCUT2D eigenvalue weighted by molar-refractivity contribution is 0.314. The summed E-state index contributed by atoms with van der Waals surface area (Å²) in [6.45, 7) is 4.04. The maximum absolute atomic E-state index is 13.3. The maximum atomic E-state index is 13.3. The van der Waals surface area contributed by atoms with Gasteiger partial charge in [-0.1, -0.05) is 19.3 Å². The van der Waals surface area contributed by atoms with Crippen LogP contribution in [0.15, 0.2) is 12.3 Å². The van der Waals surface area contributed by atoms with E-state index in [2.05, 4.69) is 28.9 Å². The van der Waals surface area contributed by atoms with E-state index >= 15 is 0 Å². The molecule has 0 unspecified atom stereocenters. The van der Waals surface area contributed by atoms with Gasteiger partial charge in [0, 0.05) is 44.8 Å². The fraction of sp³-hybridized carbons (Fsp3) is 0.810. The van der Waals surface area contributed by atoms with Crippen LogP contribution in [-0.2, 0) is 10.0 Å². The van der Waals surface area contributed by atoms with Crippen molar-refractivity contribution in [2.75, 3.05) is 51.7 Å². The van der Waals surface area contributed by atoms with Crippen LogP contribution in [0.5, 0.6) is 0 Å². The van der Waals surface area contributed by atoms with Gasteiger partial charge in [-0.2, -0.15) is 0 Å². The normalized spacial score (nSPS) is 27.2. The smallest absolute Gasteiger partial charge is 0.225 e. The standard InChI is InChI=1S/C21H35N5O2S/c1-24(2)14-17-15-26(29(27,28)18-8-4-3-5-9-18)16-19(17)20-10-11-22-21(23-20)25-12-6-7-13-25/h10-11,17-19H,3-9,12-16H2,1-2H3/t17-,19-/m1/s1. The van der Waals surface area contributed by atoms with Gasteiger partial charge < -0.3 is 9.80 Å². The number of nitrogens with zero attached hydrogens (tertiary/aromatic N) is 5. The maximum Gasteiger partial charge on any atom is 0.225 e. The van der Waals surface area contributed by atoms with Gasteiger partial charge in [0.2, 0.25) is 16.0 Å². The number of aromatic nitrogens is 2. The summed E-state index contributed by atoms with van der Waals surface area (Å²) in [5.41, 5.74) is 0.995. The summed E-state index contributed by atoms with van der Waals surface area (Å²) in [6, 6.07) is 1.99. The van der Waals surface area contributed by atoms with Crippen molar-refractivity contribution < 1.29 is 8.42 Å². The third-order valence-corrected chi connectivity index (χ3v) is 9.11. The largest absolute Gasteiger partial charge is 0.341 e. The van der Waals surface area contributed by atoms with Crippen LogP contribution < -0.4 is 4.90 Å². The number of hydrogen-bond acceptors (Lipinski definition) is 6. The third kappa shape index (κ3) is 4.59. The molecule has 8 heteroatoms. The predicted molar refractivity (Wildman–Crippen MR) is 116 cm³/mol. The number of rotatable bonds is 6. The Balaban J connectivity index is 1.57. The van der Waals surface area contributed by atoms with Gasteiger partial charge in [-0.25, -0.2) is 22.7 Å². The lowest BCUT2D eigenvalue weighted by Gasteiger charge is -2.27. The molecule has 4 rings (SSSR count). The molecule has 1 aliphatic carbocycles. The Kier molecular flexibility index (Phi) is 6.41. The first-order chi connectivity index (χ1) is 13.9. The zero-order valence-corrected chi connectivity index (χ0v) is 18.6. The van der Waals surface area contributed by atoms with Crippen molar-refractivity contribution in [3.8, 4) is 0 Å². The molecule has 0 N–H and O–H groups in total. The summed E-state index contributed by atoms with van der Waals surface area (Å²) in [4.78, 5) is 13.8. The summed E-state index contributed by atoms with van der Waals surface area (Å²) in [5.74, 6) is 1.18. The minimum atomic E-state index is -3.24. The van der Waals surface area contributed by atoms with Crippen LogP contribution in [0, 0.1) is 5.92 Å². The quantitative estimate of drug-likeness (QED) is 0.702. The van der Waals surface area contributed by atoms with Gasteiger partial charge >= 0.3 is 0 Å². The van der Waals surface area contributed by atoms with Gasteiger partial charge in [0.1, 0.15) is 0 Å². The second kappa shape index (κ2) is 8.86. The molecular formula is C21H35N5O2S. The van der Waals surface area contributed by atoms with Crippen LogP contribution in [0.25, 0.3) is 0 Å². The van der Waals surface area contributed by atoms with E-state index < -0.39 is 10.0 Å². The second-order valence-electron chi connectivity index (χ2n) is 9.23. The molecule has 1 saturated carbocycles. The van der Waals surface area contributed by atoms with Gasteiger partial charge in [0.15, 0.2) is 0 Å². The van der Waals surface area contributed by atoms with E-state index in [1.807, 2.05) is 12.3 Å². The van der Waals surface area contributed by atoms with E-state index in [1.165, 1.54) is 12.8 Å². The van der Waals surface area contributed by atoms with Crippen LogP contribution in [0.1, 0.15) is 56.6 Å². The molecule has 0 amide bonds. The van der Waals surface area contributed by atoms with E-state index in [4.69, 9.17) is 4.98 Å². The second-order valence-corrected chi connectivity index (χ2v) is 11.4. The summed E-state index contributed by atoms with van der Waals surface area (Å²) < 4.78 is 28.5. The van der Waals surface area contributed by atoms with Gasteiger partial charge in [-0.15, -0.1) is 0 Å². The Hall–Kier alpha value is -1.25. The zero-order chi connectivity index (χ0) is 20.4. The van der Waals surface area contributed by atoms with Gasteiger partial charge in [-0.3, -0.25) is 0 Å². The SMILES string of the molecule is CN(C)C[C@@H]1CN(S(=O)(=O)C2CCCCC2)C[C@H]1c1ccnc(N2CCCC2)n1. The summed E-state index contributed by atoms with van der Waals surface area (Å²) in [5, 5.41) is -0.194. The molecule has 0 aromatic carbocycles. The molecule has 0 radical (unpaired) electrons. The van der Waals surface area contributed by atoms with Crippen LogP contribution >= 0.6 is 0 Å². The van der Waals surface area contributed by atoms with E-state index in [0.717, 1.165) is 63.4 Å². The molecule has 2 atom stereocenters. The average Bonchev–Trinajstić information content (AvgIpc) is 3.39. The fourth-order valence-corrected chi connectivity index (χ4v) is 7.36. The number of hydrogen-bond donors (Lipinski definition) is 0. The lowest BCUT2D eigenvalue weighted by atomic mass is 9.92. The van der Waals surface area contributed by atoms with E-state index in [1.54, 1.807) is 4.31 Å². The van der Waals surface area contributed by atoms with Crippen molar-refractivity contribution in [2.24, 2.45) is 5.92 Å². The molecule has 0 spiro atoms. The molecular weight excluding hydrogens is 386 g/mol. The molecule has 1 aromatic rings. The molecule has 29 heavy (non-hydrogen) atoms. The molecule has 7 nitrogen and oxygen atoms in total. The Morgan fingerprint density at radius 3 is 2.48 bits per heavy atom. The molecule has 3 aliphatic rings. The van der Waals surface area contributed by atoms with Crippen molar-refractivity contribution >= 4 is 16.0 Å². The van der Waals surface area contributed by atoms with E-state index in [9.17, 15) is 8.42 Å². The van der Waals surface area contributed by atoms with Crippen molar-refractivity contribution in [2.45, 2.75) is 56.1 Å². The highest BCUT2D eigenvalue weighted by molar-refractivity contribution is 7.89. The Labute approximate surface area is 175 Å². The highest BCUT2D eigenvalue weighted by atomic mass is 32.2. The number of anilines is 1. The molecule has 3 fully saturated rings. The molecule has 162 valence electrons. The number of sulfonamides is 1. The van der Waals surface area contributed by atoms with Crippen molar-refractivity contribution in [3.63, 3.8) is 0 Å². The Morgan fingerprint density at radius 1 is 1.07 bits per heavy atom. The lowest BCUT2D eigenvalue weighted by Crippen LogP contribution is -2.39. The first-order valence-electron chi connectivity index (χ1n) is 11.2. The van der Waals surface area contributed by atoms with Crippen LogP contribution in [0.3, 0.4) is 0 Å². The van der Waals surface area contributed by atoms with Crippen molar-refractivity contribution in [1.29, 1.82) is 0 Å². The molecule has 3 heterocycles. The topological polar surface area (TPSA) is 69.6 Å². The third-order valence-electron chi connectivity index (χ3n) is 6.77. The first-order valence-corrected chi connectivity index (χ1v) is 12.7. The van der Waals surface area contributed by atoms with Crippen molar-refractivity contribution in [1.82, 2.24) is 19.2 Å². The van der Waals surface area contributed by atoms with Crippen LogP contribution in [0.4, 0.5) is 5.95 Å². The molecule has 2 saturated heterocycles. The molecule has 0 bridgehead atoms. The van der Waals surface area contributed by atoms with Gasteiger partial charge in [0.05, 0.1) is 10.9 Å². The zero-order valence-electron chi connectivity index (χ0n) is 17.8. The van der Waals surface area contributed by atoms with Gasteiger partial charge in [-0.05, 0) is 51.8 Å². The van der Waals surface area contributed by atoms with Crippen molar-refractivity contribution in [3.05, 3.63) is 18.0 Å². The van der Waals surface area contributed by atoms with Gasteiger partial charge in [0.25, 0.3) is 0 Å². The highest BCUT2D eigenvalue weighted by Crippen LogP contribution is 2.37. The Bertz CT molecular complexity index is 788. The minimum absolute atomic E-state index is 0.125. The van der Waals surface area contributed by atoms with Crippen LogP contribution in [-0.4, -0.2) is 79.7 Å². The highest BCUT2D eigenvalue weighted by Gasteiger charge is 2.43. The summed E-state index contributed by atoms with van der Waals surface area (Å²) >= 11 is 0. The summed E-state index contributed by atoms with van der Waals surface area (Å²) in [7, 11) is 0.885. The minimum Gasteiger partial charge on any atom is -0.341 e. The predicted octanol–water partition coefficient (Wildman–Crippen LogP) is 2.32. The fourth-order valence-electron chi connectivity index (χ4n) is 5.24. The monoisotopic (exact) mass is 421 g/mol.